The van der Waals surface area contributed by atoms with Crippen LogP contribution < -0.4 is 11.2 Å². The average Bonchev–Trinajstić information content (AvgIpc) is 2.55. The van der Waals surface area contributed by atoms with Crippen LogP contribution in [-0.4, -0.2) is 11.3 Å². The Morgan fingerprint density at radius 3 is 3.15 bits per heavy atom. The highest BCUT2D eigenvalue weighted by Crippen LogP contribution is 2.09. The molecule has 1 aromatic rings. The molecule has 1 heterocycles. The molecule has 0 fully saturated rings. The fourth-order valence-corrected chi connectivity index (χ4v) is 1.35. The highest BCUT2D eigenvalue weighted by Gasteiger charge is 1.82. The molecule has 13 heavy (non-hydrogen) atoms. The summed E-state index contributed by atoms with van der Waals surface area (Å²) in [5.41, 5.74) is 7.61. The van der Waals surface area contributed by atoms with E-state index in [1.54, 1.807) is 17.6 Å². The number of nitrogens with two attached hydrogens (primary N) is 1. The molecule has 1 aromatic heterocycles. The predicted octanol–water partition coefficient (Wildman–Crippen LogP) is 1.58. The van der Waals surface area contributed by atoms with Crippen LogP contribution in [0.15, 0.2) is 28.7 Å². The monoisotopic (exact) mass is 211 g/mol. The summed E-state index contributed by atoms with van der Waals surface area (Å²) in [7, 11) is 0. The largest absolute Gasteiger partial charge is 0.375 e. The van der Waals surface area contributed by atoms with Crippen LogP contribution in [0.25, 0.3) is 6.08 Å². The first-order valence-electron chi connectivity index (χ1n) is 3.58. The van der Waals surface area contributed by atoms with E-state index in [-0.39, 0.29) is 5.11 Å². The minimum Gasteiger partial charge on any atom is -0.375 e. The highest BCUT2D eigenvalue weighted by molar-refractivity contribution is 7.80. The number of hydrogen-bond acceptors (Lipinski definition) is 3. The van der Waals surface area contributed by atoms with Gasteiger partial charge in [-0.05, 0) is 35.8 Å². The Morgan fingerprint density at radius 1 is 1.69 bits per heavy atom. The van der Waals surface area contributed by atoms with Gasteiger partial charge in [0.05, 0.1) is 0 Å². The van der Waals surface area contributed by atoms with E-state index in [2.05, 4.69) is 22.7 Å². The van der Waals surface area contributed by atoms with E-state index < -0.39 is 0 Å². The van der Waals surface area contributed by atoms with Crippen molar-refractivity contribution < 1.29 is 0 Å². The third-order valence-electron chi connectivity index (χ3n) is 1.14. The fraction of sp³-hybridized carbons (Fsp3) is 0. The molecule has 5 heteroatoms. The maximum atomic E-state index is 5.15. The number of thiophene rings is 1. The van der Waals surface area contributed by atoms with Gasteiger partial charge in [0.2, 0.25) is 0 Å². The summed E-state index contributed by atoms with van der Waals surface area (Å²) in [6, 6.07) is 4.02. The van der Waals surface area contributed by atoms with Gasteiger partial charge in [-0.2, -0.15) is 5.10 Å². The molecule has 0 atom stereocenters. The number of nitrogens with zero attached hydrogens (tertiary/aromatic N) is 1. The van der Waals surface area contributed by atoms with Crippen molar-refractivity contribution in [3.63, 3.8) is 0 Å². The van der Waals surface area contributed by atoms with Crippen LogP contribution in [0.4, 0.5) is 0 Å². The third kappa shape index (κ3) is 4.39. The minimum atomic E-state index is 0.167. The number of hydrogen-bond donors (Lipinski definition) is 2. The Bertz CT molecular complexity index is 314. The quantitative estimate of drug-likeness (QED) is 0.453. The van der Waals surface area contributed by atoms with Gasteiger partial charge in [0.1, 0.15) is 0 Å². The van der Waals surface area contributed by atoms with E-state index >= 15 is 0 Å². The Labute approximate surface area is 86.0 Å². The van der Waals surface area contributed by atoms with Crippen molar-refractivity contribution in [1.29, 1.82) is 0 Å². The van der Waals surface area contributed by atoms with Crippen molar-refractivity contribution in [2.24, 2.45) is 10.8 Å². The van der Waals surface area contributed by atoms with E-state index in [4.69, 9.17) is 5.73 Å². The van der Waals surface area contributed by atoms with Crippen molar-refractivity contribution in [3.05, 3.63) is 28.5 Å². The summed E-state index contributed by atoms with van der Waals surface area (Å²) in [6.07, 6.45) is 5.37. The lowest BCUT2D eigenvalue weighted by molar-refractivity contribution is 1.04. The molecular weight excluding hydrogens is 202 g/mol. The molecule has 1 rings (SSSR count). The maximum absolute atomic E-state index is 5.15. The van der Waals surface area contributed by atoms with Crippen molar-refractivity contribution in [2.45, 2.75) is 0 Å². The zero-order valence-corrected chi connectivity index (χ0v) is 8.44. The molecular formula is C8H9N3S2. The topological polar surface area (TPSA) is 50.4 Å². The van der Waals surface area contributed by atoms with Crippen LogP contribution in [0.5, 0.6) is 0 Å². The highest BCUT2D eigenvalue weighted by atomic mass is 32.1. The minimum absolute atomic E-state index is 0.167. The molecule has 3 N–H and O–H groups in total. The van der Waals surface area contributed by atoms with Crippen molar-refractivity contribution >= 4 is 41.0 Å². The SMILES string of the molecule is NC(=S)N/N=C\C=C\c1cccs1. The molecule has 0 saturated carbocycles. The second-order valence-electron chi connectivity index (χ2n) is 2.13. The molecule has 0 aromatic carbocycles. The predicted molar refractivity (Wildman–Crippen MR) is 61.8 cm³/mol. The van der Waals surface area contributed by atoms with E-state index in [1.165, 1.54) is 4.88 Å². The molecule has 0 aliphatic rings. The number of thiocarbonyl (C=S) groups is 1. The molecule has 0 radical (unpaired) electrons. The third-order valence-corrected chi connectivity index (χ3v) is 2.07. The first-order valence-corrected chi connectivity index (χ1v) is 4.86. The van der Waals surface area contributed by atoms with Crippen LogP contribution in [0, 0.1) is 0 Å². The molecule has 0 amide bonds. The van der Waals surface area contributed by atoms with Gasteiger partial charge < -0.3 is 5.73 Å². The van der Waals surface area contributed by atoms with Gasteiger partial charge in [-0.15, -0.1) is 11.3 Å². The van der Waals surface area contributed by atoms with E-state index in [9.17, 15) is 0 Å². The number of rotatable bonds is 3. The van der Waals surface area contributed by atoms with Crippen LogP contribution in [-0.2, 0) is 0 Å². The summed E-state index contributed by atoms with van der Waals surface area (Å²) >= 11 is 6.22. The average molecular weight is 211 g/mol. The Hall–Kier alpha value is -1.20. The molecule has 0 aliphatic carbocycles. The van der Waals surface area contributed by atoms with Gasteiger partial charge >= 0.3 is 0 Å². The van der Waals surface area contributed by atoms with Gasteiger partial charge in [0.15, 0.2) is 5.11 Å². The van der Waals surface area contributed by atoms with E-state index in [0.717, 1.165) is 0 Å². The smallest absolute Gasteiger partial charge is 0.184 e. The Balaban J connectivity index is 2.34. The normalized spacial score (nSPS) is 11.1. The lowest BCUT2D eigenvalue weighted by atomic mass is 10.4. The van der Waals surface area contributed by atoms with E-state index in [0.29, 0.717) is 0 Å². The van der Waals surface area contributed by atoms with Gasteiger partial charge in [-0.3, -0.25) is 5.43 Å². The standard InChI is InChI=1S/C8H9N3S2/c9-8(12)11-10-5-1-3-7-4-2-6-13-7/h1-6H,(H3,9,11,12)/b3-1+,10-5-. The molecule has 0 aliphatic heterocycles. The van der Waals surface area contributed by atoms with Crippen LogP contribution in [0.1, 0.15) is 4.88 Å². The van der Waals surface area contributed by atoms with Gasteiger partial charge in [0.25, 0.3) is 0 Å². The fourth-order valence-electron chi connectivity index (χ4n) is 0.668. The second kappa shape index (κ2) is 5.45. The number of hydrazone groups is 1. The Morgan fingerprint density at radius 2 is 2.54 bits per heavy atom. The van der Waals surface area contributed by atoms with Gasteiger partial charge in [-0.1, -0.05) is 6.07 Å². The number of nitrogens with one attached hydrogen (secondary N) is 1. The van der Waals surface area contributed by atoms with Crippen LogP contribution in [0.3, 0.4) is 0 Å². The molecule has 0 spiro atoms. The number of allylic oxidation sites excluding steroid dienone is 1. The molecule has 0 saturated heterocycles. The Kier molecular flexibility index (Phi) is 4.14. The summed E-state index contributed by atoms with van der Waals surface area (Å²) < 4.78 is 0. The van der Waals surface area contributed by atoms with Crippen molar-refractivity contribution in [2.75, 3.05) is 0 Å². The molecule has 3 nitrogen and oxygen atoms in total. The first kappa shape index (κ1) is 9.88. The zero-order valence-electron chi connectivity index (χ0n) is 6.81. The van der Waals surface area contributed by atoms with Crippen LogP contribution >= 0.6 is 23.6 Å². The lowest BCUT2D eigenvalue weighted by Crippen LogP contribution is -2.23. The summed E-state index contributed by atoms with van der Waals surface area (Å²) in [5.74, 6) is 0. The zero-order chi connectivity index (χ0) is 9.52. The summed E-state index contributed by atoms with van der Waals surface area (Å²) in [6.45, 7) is 0. The maximum Gasteiger partial charge on any atom is 0.184 e. The van der Waals surface area contributed by atoms with Crippen molar-refractivity contribution in [3.8, 4) is 0 Å². The summed E-state index contributed by atoms with van der Waals surface area (Å²) in [4.78, 5) is 1.18. The van der Waals surface area contributed by atoms with E-state index in [1.807, 2.05) is 29.7 Å². The second-order valence-corrected chi connectivity index (χ2v) is 3.55. The van der Waals surface area contributed by atoms with Gasteiger partial charge in [-0.25, -0.2) is 0 Å². The lowest BCUT2D eigenvalue weighted by Gasteiger charge is -1.90. The van der Waals surface area contributed by atoms with Crippen molar-refractivity contribution in [1.82, 2.24) is 5.43 Å². The molecule has 0 unspecified atom stereocenters. The van der Waals surface area contributed by atoms with Crippen LogP contribution in [0.2, 0.25) is 0 Å². The molecule has 0 bridgehead atoms. The summed E-state index contributed by atoms with van der Waals surface area (Å²) in [5, 5.41) is 5.93. The van der Waals surface area contributed by atoms with Gasteiger partial charge in [0, 0.05) is 11.1 Å². The molecule has 68 valence electrons. The first-order chi connectivity index (χ1) is 6.29.